The van der Waals surface area contributed by atoms with Gasteiger partial charge in [0.1, 0.15) is 0 Å². The molecule has 6 aromatic rings. The van der Waals surface area contributed by atoms with E-state index in [1.54, 1.807) is 0 Å². The molecule has 4 heterocycles. The summed E-state index contributed by atoms with van der Waals surface area (Å²) in [6, 6.07) is 11.5. The van der Waals surface area contributed by atoms with Crippen LogP contribution in [-0.2, 0) is 61.2 Å². The Bertz CT molecular complexity index is 2480. The van der Waals surface area contributed by atoms with Crippen LogP contribution in [0.4, 0.5) is 0 Å². The van der Waals surface area contributed by atoms with Gasteiger partial charge in [0.25, 0.3) is 11.8 Å². The lowest BCUT2D eigenvalue weighted by Gasteiger charge is -2.30. The van der Waals surface area contributed by atoms with Crippen LogP contribution in [0.15, 0.2) is 45.4 Å². The van der Waals surface area contributed by atoms with Gasteiger partial charge in [0.2, 0.25) is 23.5 Å². The molecule has 2 aliphatic carbocycles. The smallest absolute Gasteiger partial charge is 0.279 e. The summed E-state index contributed by atoms with van der Waals surface area (Å²) in [5.74, 6) is 1.36. The fourth-order valence-electron chi connectivity index (χ4n) is 8.48. The Balaban J connectivity index is 0.000000180. The van der Waals surface area contributed by atoms with E-state index >= 15 is 0 Å². The second-order valence-corrected chi connectivity index (χ2v) is 17.6. The third-order valence-electron chi connectivity index (χ3n) is 11.8. The van der Waals surface area contributed by atoms with E-state index in [4.69, 9.17) is 35.7 Å². The van der Waals surface area contributed by atoms with Crippen molar-refractivity contribution in [3.8, 4) is 45.9 Å². The highest BCUT2D eigenvalue weighted by Gasteiger charge is 2.34. The first-order valence-corrected chi connectivity index (χ1v) is 20.7. The van der Waals surface area contributed by atoms with Crippen molar-refractivity contribution in [3.05, 3.63) is 81.2 Å². The van der Waals surface area contributed by atoms with Crippen molar-refractivity contribution in [2.24, 2.45) is 22.3 Å². The summed E-state index contributed by atoms with van der Waals surface area (Å²) in [6.45, 7) is 19.2. The summed E-state index contributed by atoms with van der Waals surface area (Å²) in [7, 11) is 0. The van der Waals surface area contributed by atoms with Gasteiger partial charge < -0.3 is 20.5 Å². The number of hydrogen-bond donors (Lipinski definition) is 2. The van der Waals surface area contributed by atoms with E-state index < -0.39 is 0 Å². The standard InChI is InChI=1S/C24H31N5O2.C21H25N5O2/c1-6-29-19-13-24(4,5)10-9-18(19)21(27-29)23-26-22(28-31-23)16-11-14(2)17(15(3)12-16)7-8-20(25)30;1-4-26-16-12-21(2,3)10-9-15(16)18(24-26)20-23-19(25-28-20)14-7-5-13(6-8-14)11-17(22)27/h11-12H,6-10,13H2,1-5H3,(H2,25,30);5-8H,4,9-12H2,1-3H3,(H2,22,27). The van der Waals surface area contributed by atoms with E-state index in [-0.39, 0.29) is 29.1 Å². The zero-order chi connectivity index (χ0) is 42.2. The van der Waals surface area contributed by atoms with E-state index in [1.165, 1.54) is 22.5 Å². The summed E-state index contributed by atoms with van der Waals surface area (Å²) in [5, 5.41) is 18.0. The van der Waals surface area contributed by atoms with Crippen LogP contribution in [-0.4, -0.2) is 51.7 Å². The van der Waals surface area contributed by atoms with E-state index in [2.05, 4.69) is 66.2 Å². The van der Waals surface area contributed by atoms with Crippen LogP contribution >= 0.6 is 0 Å². The van der Waals surface area contributed by atoms with E-state index in [0.29, 0.717) is 36.3 Å². The number of carbonyl (C=O) groups excluding carboxylic acids is 2. The molecule has 0 unspecified atom stereocenters. The summed E-state index contributed by atoms with van der Waals surface area (Å²) >= 11 is 0. The molecule has 0 saturated carbocycles. The largest absolute Gasteiger partial charge is 0.370 e. The molecule has 8 rings (SSSR count). The molecule has 2 aromatic carbocycles. The normalized spacial score (nSPS) is 15.3. The Morgan fingerprint density at radius 1 is 0.712 bits per heavy atom. The maximum absolute atomic E-state index is 11.2. The maximum Gasteiger partial charge on any atom is 0.279 e. The number of nitrogens with zero attached hydrogens (tertiary/aromatic N) is 8. The van der Waals surface area contributed by atoms with Crippen molar-refractivity contribution in [2.75, 3.05) is 0 Å². The van der Waals surface area contributed by atoms with E-state index in [9.17, 15) is 9.59 Å². The minimum absolute atomic E-state index is 0.217. The molecule has 4 aromatic heterocycles. The molecule has 0 fully saturated rings. The van der Waals surface area contributed by atoms with Gasteiger partial charge >= 0.3 is 0 Å². The molecule has 14 nitrogen and oxygen atoms in total. The van der Waals surface area contributed by atoms with Crippen LogP contribution in [0.1, 0.15) is 106 Å². The molecule has 14 heteroatoms. The highest BCUT2D eigenvalue weighted by Crippen LogP contribution is 2.40. The molecule has 2 amide bonds. The minimum Gasteiger partial charge on any atom is -0.370 e. The number of fused-ring (bicyclic) bond motifs is 2. The Morgan fingerprint density at radius 2 is 1.19 bits per heavy atom. The Hall–Kier alpha value is -5.92. The summed E-state index contributed by atoms with van der Waals surface area (Å²) < 4.78 is 15.4. The molecule has 0 aliphatic heterocycles. The van der Waals surface area contributed by atoms with Gasteiger partial charge in [-0.3, -0.25) is 19.0 Å². The first kappa shape index (κ1) is 41.2. The number of rotatable bonds is 11. The number of amides is 2. The van der Waals surface area contributed by atoms with Crippen molar-refractivity contribution in [1.29, 1.82) is 0 Å². The zero-order valence-electron chi connectivity index (χ0n) is 35.6. The summed E-state index contributed by atoms with van der Waals surface area (Å²) in [6.07, 6.45) is 7.39. The van der Waals surface area contributed by atoms with Crippen molar-refractivity contribution in [1.82, 2.24) is 39.8 Å². The molecule has 59 heavy (non-hydrogen) atoms. The fourth-order valence-corrected chi connectivity index (χ4v) is 8.48. The lowest BCUT2D eigenvalue weighted by molar-refractivity contribution is -0.118. The predicted octanol–water partition coefficient (Wildman–Crippen LogP) is 7.33. The molecular weight excluding hydrogens is 745 g/mol. The number of aromatic nitrogens is 8. The van der Waals surface area contributed by atoms with Crippen LogP contribution < -0.4 is 11.5 Å². The summed E-state index contributed by atoms with van der Waals surface area (Å²) in [5.41, 5.74) is 23.7. The molecule has 0 radical (unpaired) electrons. The minimum atomic E-state index is -0.353. The Labute approximate surface area is 345 Å². The average molecular weight is 801 g/mol. The van der Waals surface area contributed by atoms with E-state index in [0.717, 1.165) is 96.4 Å². The monoisotopic (exact) mass is 800 g/mol. The SMILES string of the molecule is CCn1nc(-c2nc(-c3cc(C)c(CCC(N)=O)c(C)c3)no2)c2c1CC(C)(C)CC2.CCn1nc(-c2nc(-c3ccc(CC(N)=O)cc3)no2)c2c1CC(C)(C)CC2. The molecular formula is C45H56N10O4. The Kier molecular flexibility index (Phi) is 11.5. The van der Waals surface area contributed by atoms with Gasteiger partial charge in [-0.05, 0) is 118 Å². The van der Waals surface area contributed by atoms with Crippen LogP contribution in [0.2, 0.25) is 0 Å². The molecule has 0 spiro atoms. The van der Waals surface area contributed by atoms with Crippen LogP contribution in [0.3, 0.4) is 0 Å². The molecule has 0 bridgehead atoms. The van der Waals surface area contributed by atoms with Gasteiger partial charge in [0, 0.05) is 53.2 Å². The van der Waals surface area contributed by atoms with E-state index in [1.807, 2.05) is 50.2 Å². The number of nitrogens with two attached hydrogens (primary N) is 2. The highest BCUT2D eigenvalue weighted by molar-refractivity contribution is 5.77. The zero-order valence-corrected chi connectivity index (χ0v) is 35.6. The third kappa shape index (κ3) is 8.91. The maximum atomic E-state index is 11.2. The molecule has 0 atom stereocenters. The van der Waals surface area contributed by atoms with Crippen LogP contribution in [0, 0.1) is 24.7 Å². The lowest BCUT2D eigenvalue weighted by Crippen LogP contribution is -2.24. The molecule has 310 valence electrons. The fraction of sp³-hybridized carbons (Fsp3) is 0.467. The molecule has 4 N–H and O–H groups in total. The number of aryl methyl sites for hydroxylation is 4. The van der Waals surface area contributed by atoms with Crippen molar-refractivity contribution < 1.29 is 18.6 Å². The Morgan fingerprint density at radius 3 is 1.63 bits per heavy atom. The van der Waals surface area contributed by atoms with Gasteiger partial charge in [-0.15, -0.1) is 0 Å². The molecule has 2 aliphatic rings. The second-order valence-electron chi connectivity index (χ2n) is 17.6. The van der Waals surface area contributed by atoms with Crippen molar-refractivity contribution in [2.45, 2.75) is 126 Å². The second kappa shape index (κ2) is 16.4. The van der Waals surface area contributed by atoms with Gasteiger partial charge in [-0.2, -0.15) is 20.2 Å². The lowest BCUT2D eigenvalue weighted by atomic mass is 9.76. The number of hydrogen-bond acceptors (Lipinski definition) is 10. The number of carbonyl (C=O) groups is 2. The quantitative estimate of drug-likeness (QED) is 0.134. The number of benzene rings is 2. The van der Waals surface area contributed by atoms with Crippen LogP contribution in [0.5, 0.6) is 0 Å². The average Bonchev–Trinajstić information content (AvgIpc) is 3.99. The number of primary amides is 2. The van der Waals surface area contributed by atoms with Gasteiger partial charge in [-0.1, -0.05) is 62.3 Å². The van der Waals surface area contributed by atoms with Crippen molar-refractivity contribution in [3.63, 3.8) is 0 Å². The molecule has 0 saturated heterocycles. The first-order chi connectivity index (χ1) is 28.0. The van der Waals surface area contributed by atoms with Gasteiger partial charge in [0.05, 0.1) is 6.42 Å². The third-order valence-corrected chi connectivity index (χ3v) is 11.8. The van der Waals surface area contributed by atoms with Crippen LogP contribution in [0.25, 0.3) is 45.9 Å². The van der Waals surface area contributed by atoms with Gasteiger partial charge in [-0.25, -0.2) is 0 Å². The van der Waals surface area contributed by atoms with Gasteiger partial charge in [0.15, 0.2) is 11.4 Å². The summed E-state index contributed by atoms with van der Waals surface area (Å²) in [4.78, 5) is 31.5. The van der Waals surface area contributed by atoms with Crippen molar-refractivity contribution >= 4 is 11.8 Å². The topological polar surface area (TPSA) is 200 Å². The highest BCUT2D eigenvalue weighted by atomic mass is 16.5. The predicted molar refractivity (Wildman–Crippen MR) is 225 cm³/mol. The first-order valence-electron chi connectivity index (χ1n) is 20.7.